The SMILES string of the molecule is C=CC(CCO)NC(=O)C(F)(F)F. The molecule has 3 nitrogen and oxygen atoms in total. The zero-order valence-corrected chi connectivity index (χ0v) is 6.77. The Hall–Kier alpha value is -1.04. The maximum absolute atomic E-state index is 11.7. The fourth-order valence-corrected chi connectivity index (χ4v) is 0.638. The summed E-state index contributed by atoms with van der Waals surface area (Å²) in [5, 5.41) is 10.1. The van der Waals surface area contributed by atoms with E-state index in [4.69, 9.17) is 5.11 Å². The first-order chi connectivity index (χ1) is 5.91. The lowest BCUT2D eigenvalue weighted by molar-refractivity contribution is -0.174. The number of carbonyl (C=O) groups is 1. The normalized spacial score (nSPS) is 13.5. The first kappa shape index (κ1) is 12.0. The zero-order valence-electron chi connectivity index (χ0n) is 6.77. The number of alkyl halides is 3. The van der Waals surface area contributed by atoms with E-state index < -0.39 is 18.1 Å². The van der Waals surface area contributed by atoms with Crippen LogP contribution in [-0.4, -0.2) is 29.8 Å². The van der Waals surface area contributed by atoms with Crippen LogP contribution in [-0.2, 0) is 4.79 Å². The van der Waals surface area contributed by atoms with Crippen molar-refractivity contribution in [3.63, 3.8) is 0 Å². The highest BCUT2D eigenvalue weighted by atomic mass is 19.4. The second kappa shape index (κ2) is 4.86. The summed E-state index contributed by atoms with van der Waals surface area (Å²) in [5.41, 5.74) is 0. The molecule has 0 aliphatic heterocycles. The van der Waals surface area contributed by atoms with Crippen LogP contribution in [0.4, 0.5) is 13.2 Å². The molecule has 0 rings (SSSR count). The molecule has 0 spiro atoms. The lowest BCUT2D eigenvalue weighted by atomic mass is 10.2. The summed E-state index contributed by atoms with van der Waals surface area (Å²) in [6, 6.07) is -0.848. The van der Waals surface area contributed by atoms with E-state index in [0.717, 1.165) is 6.08 Å². The maximum atomic E-state index is 11.7. The molecular formula is C7H10F3NO2. The van der Waals surface area contributed by atoms with Crippen LogP contribution >= 0.6 is 0 Å². The molecule has 13 heavy (non-hydrogen) atoms. The average Bonchev–Trinajstić information content (AvgIpc) is 2.01. The molecule has 6 heteroatoms. The number of halogens is 3. The van der Waals surface area contributed by atoms with Gasteiger partial charge in [0.05, 0.1) is 0 Å². The maximum Gasteiger partial charge on any atom is 0.471 e. The molecule has 0 saturated carbocycles. The van der Waals surface area contributed by atoms with Crippen molar-refractivity contribution in [3.05, 3.63) is 12.7 Å². The fraction of sp³-hybridized carbons (Fsp3) is 0.571. The van der Waals surface area contributed by atoms with Gasteiger partial charge in [-0.3, -0.25) is 4.79 Å². The van der Waals surface area contributed by atoms with Gasteiger partial charge in [0.1, 0.15) is 0 Å². The summed E-state index contributed by atoms with van der Waals surface area (Å²) >= 11 is 0. The molecule has 1 unspecified atom stereocenters. The Morgan fingerprint density at radius 2 is 2.15 bits per heavy atom. The number of hydrogen-bond acceptors (Lipinski definition) is 2. The summed E-state index contributed by atoms with van der Waals surface area (Å²) in [7, 11) is 0. The monoisotopic (exact) mass is 197 g/mol. The molecule has 0 heterocycles. The van der Waals surface area contributed by atoms with Gasteiger partial charge in [-0.25, -0.2) is 0 Å². The van der Waals surface area contributed by atoms with Crippen molar-refractivity contribution < 1.29 is 23.1 Å². The minimum absolute atomic E-state index is 0.0192. The second-order valence-corrected chi connectivity index (χ2v) is 2.33. The van der Waals surface area contributed by atoms with Crippen molar-refractivity contribution in [2.24, 2.45) is 0 Å². The fourth-order valence-electron chi connectivity index (χ4n) is 0.638. The van der Waals surface area contributed by atoms with E-state index in [9.17, 15) is 18.0 Å². The minimum Gasteiger partial charge on any atom is -0.396 e. The zero-order chi connectivity index (χ0) is 10.5. The third-order valence-corrected chi connectivity index (χ3v) is 1.30. The van der Waals surface area contributed by atoms with Gasteiger partial charge in [-0.05, 0) is 6.42 Å². The molecule has 2 N–H and O–H groups in total. The summed E-state index contributed by atoms with van der Waals surface area (Å²) < 4.78 is 35.0. The van der Waals surface area contributed by atoms with Crippen LogP contribution in [0.5, 0.6) is 0 Å². The van der Waals surface area contributed by atoms with Gasteiger partial charge in [-0.2, -0.15) is 13.2 Å². The Bertz CT molecular complexity index is 191. The van der Waals surface area contributed by atoms with Gasteiger partial charge in [0.2, 0.25) is 0 Å². The smallest absolute Gasteiger partial charge is 0.396 e. The van der Waals surface area contributed by atoms with E-state index in [2.05, 4.69) is 6.58 Å². The highest BCUT2D eigenvalue weighted by Gasteiger charge is 2.39. The summed E-state index contributed by atoms with van der Waals surface area (Å²) in [6.45, 7) is 2.91. The van der Waals surface area contributed by atoms with Crippen LogP contribution in [0.15, 0.2) is 12.7 Å². The van der Waals surface area contributed by atoms with Gasteiger partial charge >= 0.3 is 12.1 Å². The molecule has 0 aliphatic rings. The van der Waals surface area contributed by atoms with E-state index in [-0.39, 0.29) is 13.0 Å². The van der Waals surface area contributed by atoms with Crippen LogP contribution in [0, 0.1) is 0 Å². The predicted molar refractivity (Wildman–Crippen MR) is 39.9 cm³/mol. The van der Waals surface area contributed by atoms with Gasteiger partial charge < -0.3 is 10.4 Å². The van der Waals surface area contributed by atoms with E-state index in [1.54, 1.807) is 5.32 Å². The van der Waals surface area contributed by atoms with Crippen molar-refractivity contribution in [2.45, 2.75) is 18.6 Å². The van der Waals surface area contributed by atoms with Crippen LogP contribution in [0.2, 0.25) is 0 Å². The van der Waals surface area contributed by atoms with Crippen LogP contribution in [0.3, 0.4) is 0 Å². The number of nitrogens with one attached hydrogen (secondary N) is 1. The Kier molecular flexibility index (Phi) is 4.47. The molecule has 0 aromatic rings. The number of aliphatic hydroxyl groups is 1. The number of carbonyl (C=O) groups excluding carboxylic acids is 1. The molecule has 1 amide bonds. The number of amides is 1. The lowest BCUT2D eigenvalue weighted by Crippen LogP contribution is -2.42. The number of rotatable bonds is 4. The summed E-state index contributed by atoms with van der Waals surface area (Å²) in [6.07, 6.45) is -3.73. The molecule has 0 aromatic carbocycles. The lowest BCUT2D eigenvalue weighted by Gasteiger charge is -2.14. The Morgan fingerprint density at radius 3 is 2.46 bits per heavy atom. The first-order valence-electron chi connectivity index (χ1n) is 3.53. The Morgan fingerprint density at radius 1 is 1.62 bits per heavy atom. The quantitative estimate of drug-likeness (QED) is 0.648. The highest BCUT2D eigenvalue weighted by molar-refractivity contribution is 5.82. The molecule has 0 fully saturated rings. The molecule has 0 saturated heterocycles. The van der Waals surface area contributed by atoms with E-state index in [1.807, 2.05) is 0 Å². The van der Waals surface area contributed by atoms with Crippen LogP contribution in [0.25, 0.3) is 0 Å². The largest absolute Gasteiger partial charge is 0.471 e. The second-order valence-electron chi connectivity index (χ2n) is 2.33. The standard InChI is InChI=1S/C7H10F3NO2/c1-2-5(3-4-12)11-6(13)7(8,9)10/h2,5,12H,1,3-4H2,(H,11,13). The van der Waals surface area contributed by atoms with Crippen molar-refractivity contribution in [1.29, 1.82) is 0 Å². The third-order valence-electron chi connectivity index (χ3n) is 1.30. The molecular weight excluding hydrogens is 187 g/mol. The average molecular weight is 197 g/mol. The number of hydrogen-bond donors (Lipinski definition) is 2. The van der Waals surface area contributed by atoms with Crippen LogP contribution in [0.1, 0.15) is 6.42 Å². The molecule has 1 atom stereocenters. The Labute approximate surface area is 73.2 Å². The van der Waals surface area contributed by atoms with Crippen molar-refractivity contribution in [1.82, 2.24) is 5.32 Å². The molecule has 0 aromatic heterocycles. The molecule has 0 radical (unpaired) electrons. The molecule has 76 valence electrons. The van der Waals surface area contributed by atoms with Gasteiger partial charge in [-0.1, -0.05) is 6.08 Å². The highest BCUT2D eigenvalue weighted by Crippen LogP contribution is 2.14. The van der Waals surface area contributed by atoms with E-state index >= 15 is 0 Å². The topological polar surface area (TPSA) is 49.3 Å². The summed E-state index contributed by atoms with van der Waals surface area (Å²) in [4.78, 5) is 10.3. The molecule has 0 bridgehead atoms. The van der Waals surface area contributed by atoms with E-state index in [1.165, 1.54) is 0 Å². The predicted octanol–water partition coefficient (Wildman–Crippen LogP) is 0.602. The van der Waals surface area contributed by atoms with Crippen LogP contribution < -0.4 is 5.32 Å². The van der Waals surface area contributed by atoms with E-state index in [0.29, 0.717) is 0 Å². The van der Waals surface area contributed by atoms with Gasteiger partial charge in [0.25, 0.3) is 0 Å². The van der Waals surface area contributed by atoms with Gasteiger partial charge in [0.15, 0.2) is 0 Å². The minimum atomic E-state index is -4.89. The number of aliphatic hydroxyl groups excluding tert-OH is 1. The van der Waals surface area contributed by atoms with Crippen molar-refractivity contribution in [2.75, 3.05) is 6.61 Å². The van der Waals surface area contributed by atoms with Crippen molar-refractivity contribution >= 4 is 5.91 Å². The Balaban J connectivity index is 4.09. The van der Waals surface area contributed by atoms with Crippen molar-refractivity contribution in [3.8, 4) is 0 Å². The summed E-state index contributed by atoms with van der Waals surface area (Å²) in [5.74, 6) is -2.02. The third kappa shape index (κ3) is 4.51. The first-order valence-corrected chi connectivity index (χ1v) is 3.53. The van der Waals surface area contributed by atoms with Gasteiger partial charge in [0, 0.05) is 12.6 Å². The van der Waals surface area contributed by atoms with Gasteiger partial charge in [-0.15, -0.1) is 6.58 Å². The molecule has 0 aliphatic carbocycles.